The molecule has 0 aromatic rings. The quantitative estimate of drug-likeness (QED) is 0.756. The lowest BCUT2D eigenvalue weighted by atomic mass is 9.95. The third-order valence-corrected chi connectivity index (χ3v) is 3.41. The van der Waals surface area contributed by atoms with Crippen LogP contribution >= 0.6 is 0 Å². The van der Waals surface area contributed by atoms with Crippen molar-refractivity contribution in [3.8, 4) is 0 Å². The van der Waals surface area contributed by atoms with Crippen LogP contribution in [0.3, 0.4) is 0 Å². The van der Waals surface area contributed by atoms with Crippen LogP contribution in [0.4, 0.5) is 0 Å². The minimum absolute atomic E-state index is 0.167. The zero-order valence-electron chi connectivity index (χ0n) is 10.7. The van der Waals surface area contributed by atoms with Crippen LogP contribution in [0.1, 0.15) is 33.1 Å². The van der Waals surface area contributed by atoms with Gasteiger partial charge in [0.25, 0.3) is 0 Å². The second kappa shape index (κ2) is 5.49. The van der Waals surface area contributed by atoms with E-state index in [1.807, 2.05) is 13.8 Å². The van der Waals surface area contributed by atoms with E-state index in [-0.39, 0.29) is 11.8 Å². The van der Waals surface area contributed by atoms with Gasteiger partial charge in [0.05, 0.1) is 17.4 Å². The van der Waals surface area contributed by atoms with Crippen molar-refractivity contribution in [3.05, 3.63) is 0 Å². The summed E-state index contributed by atoms with van der Waals surface area (Å²) in [6.45, 7) is 4.14. The molecule has 0 heterocycles. The van der Waals surface area contributed by atoms with E-state index in [1.54, 1.807) is 7.11 Å². The molecule has 0 aromatic heterocycles. The molecule has 0 saturated heterocycles. The van der Waals surface area contributed by atoms with Gasteiger partial charge < -0.3 is 15.2 Å². The number of carboxylic acid groups (broad SMARTS) is 1. The van der Waals surface area contributed by atoms with E-state index in [0.29, 0.717) is 19.4 Å². The fraction of sp³-hybridized carbons (Fsp3) is 0.833. The molecule has 1 fully saturated rings. The summed E-state index contributed by atoms with van der Waals surface area (Å²) in [5, 5.41) is 11.8. The average Bonchev–Trinajstić information content (AvgIpc) is 2.75. The first kappa shape index (κ1) is 14.0. The largest absolute Gasteiger partial charge is 0.481 e. The highest BCUT2D eigenvalue weighted by Crippen LogP contribution is 2.32. The SMILES string of the molecule is COC(C)(C)CNC(=O)[C@@H]1CCC[C@@H]1C(=O)O. The molecule has 1 aliphatic carbocycles. The van der Waals surface area contributed by atoms with Gasteiger partial charge in [-0.1, -0.05) is 6.42 Å². The summed E-state index contributed by atoms with van der Waals surface area (Å²) < 4.78 is 5.19. The van der Waals surface area contributed by atoms with E-state index in [9.17, 15) is 9.59 Å². The number of amides is 1. The maximum atomic E-state index is 11.9. The van der Waals surface area contributed by atoms with Crippen molar-refractivity contribution in [3.63, 3.8) is 0 Å². The number of methoxy groups -OCH3 is 1. The van der Waals surface area contributed by atoms with Gasteiger partial charge in [0.15, 0.2) is 0 Å². The lowest BCUT2D eigenvalue weighted by Crippen LogP contribution is -2.43. The normalized spacial score (nSPS) is 24.6. The van der Waals surface area contributed by atoms with Crippen LogP contribution in [-0.4, -0.2) is 36.2 Å². The number of rotatable bonds is 5. The van der Waals surface area contributed by atoms with Crippen LogP contribution in [-0.2, 0) is 14.3 Å². The summed E-state index contributed by atoms with van der Waals surface area (Å²) in [5.74, 6) is -1.95. The average molecular weight is 243 g/mol. The number of carboxylic acids is 1. The number of aliphatic carboxylic acids is 1. The minimum atomic E-state index is -0.867. The fourth-order valence-electron chi connectivity index (χ4n) is 2.07. The number of nitrogens with one attached hydrogen (secondary N) is 1. The predicted octanol–water partition coefficient (Wildman–Crippen LogP) is 1.03. The highest BCUT2D eigenvalue weighted by molar-refractivity contribution is 5.85. The van der Waals surface area contributed by atoms with Crippen LogP contribution in [0.2, 0.25) is 0 Å². The Hall–Kier alpha value is -1.10. The standard InChI is InChI=1S/C12H21NO4/c1-12(2,17-3)7-13-10(14)8-5-4-6-9(8)11(15)16/h8-9H,4-7H2,1-3H3,(H,13,14)(H,15,16)/t8-,9+/m1/s1. The fourth-order valence-corrected chi connectivity index (χ4v) is 2.07. The van der Waals surface area contributed by atoms with Gasteiger partial charge in [0.1, 0.15) is 0 Å². The molecule has 1 saturated carbocycles. The summed E-state index contributed by atoms with van der Waals surface area (Å²) >= 11 is 0. The summed E-state index contributed by atoms with van der Waals surface area (Å²) in [6, 6.07) is 0. The van der Waals surface area contributed by atoms with Gasteiger partial charge in [-0.2, -0.15) is 0 Å². The maximum absolute atomic E-state index is 11.9. The number of ether oxygens (including phenoxy) is 1. The van der Waals surface area contributed by atoms with Crippen molar-refractivity contribution < 1.29 is 19.4 Å². The van der Waals surface area contributed by atoms with Crippen molar-refractivity contribution in [2.75, 3.05) is 13.7 Å². The van der Waals surface area contributed by atoms with Gasteiger partial charge in [0, 0.05) is 13.7 Å². The third-order valence-electron chi connectivity index (χ3n) is 3.41. The van der Waals surface area contributed by atoms with Crippen molar-refractivity contribution in [1.29, 1.82) is 0 Å². The Kier molecular flexibility index (Phi) is 4.51. The number of carbonyl (C=O) groups excluding carboxylic acids is 1. The van der Waals surface area contributed by atoms with Crippen molar-refractivity contribution in [2.24, 2.45) is 11.8 Å². The molecule has 0 unspecified atom stereocenters. The molecule has 17 heavy (non-hydrogen) atoms. The zero-order valence-corrected chi connectivity index (χ0v) is 10.7. The Balaban J connectivity index is 2.50. The molecular weight excluding hydrogens is 222 g/mol. The lowest BCUT2D eigenvalue weighted by Gasteiger charge is -2.24. The highest BCUT2D eigenvalue weighted by atomic mass is 16.5. The minimum Gasteiger partial charge on any atom is -0.481 e. The first-order chi connectivity index (χ1) is 7.87. The Morgan fingerprint density at radius 1 is 1.35 bits per heavy atom. The summed E-state index contributed by atoms with van der Waals surface area (Å²) in [4.78, 5) is 22.9. The second-order valence-electron chi connectivity index (χ2n) is 5.16. The molecule has 2 N–H and O–H groups in total. The molecule has 0 aromatic carbocycles. The van der Waals surface area contributed by atoms with Crippen LogP contribution in [0, 0.1) is 11.8 Å². The lowest BCUT2D eigenvalue weighted by molar-refractivity contribution is -0.146. The first-order valence-electron chi connectivity index (χ1n) is 5.93. The second-order valence-corrected chi connectivity index (χ2v) is 5.16. The Bertz CT molecular complexity index is 301. The molecule has 1 rings (SSSR count). The van der Waals surface area contributed by atoms with E-state index in [2.05, 4.69) is 5.32 Å². The number of carbonyl (C=O) groups is 2. The van der Waals surface area contributed by atoms with Gasteiger partial charge in [-0.25, -0.2) is 0 Å². The zero-order chi connectivity index (χ0) is 13.1. The van der Waals surface area contributed by atoms with E-state index in [4.69, 9.17) is 9.84 Å². The van der Waals surface area contributed by atoms with Crippen LogP contribution < -0.4 is 5.32 Å². The predicted molar refractivity (Wildman–Crippen MR) is 62.6 cm³/mol. The first-order valence-corrected chi connectivity index (χ1v) is 5.93. The van der Waals surface area contributed by atoms with E-state index >= 15 is 0 Å². The Morgan fingerprint density at radius 3 is 2.47 bits per heavy atom. The number of hydrogen-bond acceptors (Lipinski definition) is 3. The Morgan fingerprint density at radius 2 is 1.94 bits per heavy atom. The molecule has 5 heteroatoms. The molecule has 0 aliphatic heterocycles. The summed E-state index contributed by atoms with van der Waals surface area (Å²) in [5.41, 5.74) is -0.424. The number of hydrogen-bond donors (Lipinski definition) is 2. The van der Waals surface area contributed by atoms with Gasteiger partial charge in [0.2, 0.25) is 5.91 Å². The van der Waals surface area contributed by atoms with Gasteiger partial charge in [-0.3, -0.25) is 9.59 Å². The van der Waals surface area contributed by atoms with E-state index in [1.165, 1.54) is 0 Å². The van der Waals surface area contributed by atoms with Crippen molar-refractivity contribution >= 4 is 11.9 Å². The van der Waals surface area contributed by atoms with Gasteiger partial charge in [-0.15, -0.1) is 0 Å². The smallest absolute Gasteiger partial charge is 0.307 e. The van der Waals surface area contributed by atoms with Crippen LogP contribution in [0.15, 0.2) is 0 Å². The molecular formula is C12H21NO4. The maximum Gasteiger partial charge on any atom is 0.307 e. The molecule has 1 amide bonds. The molecule has 0 spiro atoms. The Labute approximate surface area is 102 Å². The highest BCUT2D eigenvalue weighted by Gasteiger charge is 2.37. The molecule has 98 valence electrons. The molecule has 1 aliphatic rings. The van der Waals surface area contributed by atoms with Gasteiger partial charge >= 0.3 is 5.97 Å². The van der Waals surface area contributed by atoms with Crippen molar-refractivity contribution in [1.82, 2.24) is 5.32 Å². The van der Waals surface area contributed by atoms with Crippen LogP contribution in [0.25, 0.3) is 0 Å². The summed E-state index contributed by atoms with van der Waals surface area (Å²) in [7, 11) is 1.59. The monoisotopic (exact) mass is 243 g/mol. The van der Waals surface area contributed by atoms with Gasteiger partial charge in [-0.05, 0) is 26.7 Å². The molecule has 0 bridgehead atoms. The molecule has 0 radical (unpaired) electrons. The van der Waals surface area contributed by atoms with E-state index in [0.717, 1.165) is 6.42 Å². The van der Waals surface area contributed by atoms with E-state index < -0.39 is 17.5 Å². The topological polar surface area (TPSA) is 75.6 Å². The molecule has 5 nitrogen and oxygen atoms in total. The summed E-state index contributed by atoms with van der Waals surface area (Å²) in [6.07, 6.45) is 2.07. The third kappa shape index (κ3) is 3.70. The van der Waals surface area contributed by atoms with Crippen LogP contribution in [0.5, 0.6) is 0 Å². The van der Waals surface area contributed by atoms with Crippen molar-refractivity contribution in [2.45, 2.75) is 38.7 Å². The molecule has 2 atom stereocenters.